The number of halogens is 1. The van der Waals surface area contributed by atoms with Crippen LogP contribution in [-0.4, -0.2) is 16.0 Å². The van der Waals surface area contributed by atoms with Crippen molar-refractivity contribution in [1.29, 1.82) is 0 Å². The standard InChI is InChI=1S/C14H16ClN3/c1-10(16)7-13-5-6-17-14(18-13)9-11-3-2-4-12(15)8-11/h2-6,8,10H,7,9,16H2,1H3. The van der Waals surface area contributed by atoms with Crippen LogP contribution < -0.4 is 5.73 Å². The molecule has 4 heteroatoms. The number of aromatic nitrogens is 2. The highest BCUT2D eigenvalue weighted by Crippen LogP contribution is 2.13. The van der Waals surface area contributed by atoms with Gasteiger partial charge in [-0.3, -0.25) is 0 Å². The van der Waals surface area contributed by atoms with Crippen LogP contribution in [0.25, 0.3) is 0 Å². The van der Waals surface area contributed by atoms with Crippen LogP contribution in [0.5, 0.6) is 0 Å². The Morgan fingerprint density at radius 2 is 2.17 bits per heavy atom. The van der Waals surface area contributed by atoms with Gasteiger partial charge < -0.3 is 5.73 Å². The largest absolute Gasteiger partial charge is 0.328 e. The molecule has 0 aliphatic carbocycles. The van der Waals surface area contributed by atoms with E-state index in [-0.39, 0.29) is 6.04 Å². The van der Waals surface area contributed by atoms with Gasteiger partial charge >= 0.3 is 0 Å². The van der Waals surface area contributed by atoms with Crippen LogP contribution in [0.1, 0.15) is 24.0 Å². The summed E-state index contributed by atoms with van der Waals surface area (Å²) < 4.78 is 0. The van der Waals surface area contributed by atoms with Crippen molar-refractivity contribution in [1.82, 2.24) is 9.97 Å². The van der Waals surface area contributed by atoms with E-state index in [0.29, 0.717) is 6.42 Å². The summed E-state index contributed by atoms with van der Waals surface area (Å²) in [4.78, 5) is 8.78. The molecular formula is C14H16ClN3. The molecule has 0 aliphatic rings. The molecule has 3 nitrogen and oxygen atoms in total. The number of rotatable bonds is 4. The van der Waals surface area contributed by atoms with E-state index in [4.69, 9.17) is 17.3 Å². The lowest BCUT2D eigenvalue weighted by Crippen LogP contribution is -2.19. The molecule has 1 aromatic carbocycles. The summed E-state index contributed by atoms with van der Waals surface area (Å²) in [6, 6.07) is 9.77. The first-order chi connectivity index (χ1) is 8.63. The lowest BCUT2D eigenvalue weighted by atomic mass is 10.1. The van der Waals surface area contributed by atoms with E-state index in [1.54, 1.807) is 6.20 Å². The van der Waals surface area contributed by atoms with Crippen molar-refractivity contribution >= 4 is 11.6 Å². The molecule has 0 bridgehead atoms. The molecule has 0 fully saturated rings. The summed E-state index contributed by atoms with van der Waals surface area (Å²) >= 11 is 5.95. The first-order valence-electron chi connectivity index (χ1n) is 5.94. The minimum absolute atomic E-state index is 0.110. The van der Waals surface area contributed by atoms with Crippen molar-refractivity contribution in [3.8, 4) is 0 Å². The van der Waals surface area contributed by atoms with E-state index >= 15 is 0 Å². The molecule has 2 aromatic rings. The highest BCUT2D eigenvalue weighted by Gasteiger charge is 2.04. The Morgan fingerprint density at radius 1 is 1.33 bits per heavy atom. The van der Waals surface area contributed by atoms with E-state index < -0.39 is 0 Å². The zero-order valence-corrected chi connectivity index (χ0v) is 11.1. The molecular weight excluding hydrogens is 246 g/mol. The van der Waals surface area contributed by atoms with Gasteiger partial charge in [-0.25, -0.2) is 9.97 Å². The van der Waals surface area contributed by atoms with Crippen molar-refractivity contribution in [2.45, 2.75) is 25.8 Å². The van der Waals surface area contributed by atoms with Gasteiger partial charge in [0.25, 0.3) is 0 Å². The second kappa shape index (κ2) is 5.94. The molecule has 1 heterocycles. The highest BCUT2D eigenvalue weighted by atomic mass is 35.5. The number of nitrogens with two attached hydrogens (primary N) is 1. The SMILES string of the molecule is CC(N)Cc1ccnc(Cc2cccc(Cl)c2)n1. The van der Waals surface area contributed by atoms with E-state index in [1.165, 1.54) is 0 Å². The number of nitrogens with zero attached hydrogens (tertiary/aromatic N) is 2. The van der Waals surface area contributed by atoms with Gasteiger partial charge in [0.1, 0.15) is 5.82 Å². The van der Waals surface area contributed by atoms with E-state index in [9.17, 15) is 0 Å². The molecule has 0 saturated carbocycles. The Kier molecular flexibility index (Phi) is 4.28. The second-order valence-corrected chi connectivity index (χ2v) is 4.89. The summed E-state index contributed by atoms with van der Waals surface area (Å²) in [6.07, 6.45) is 3.24. The molecule has 94 valence electrons. The Morgan fingerprint density at radius 3 is 2.89 bits per heavy atom. The normalized spacial score (nSPS) is 12.4. The highest BCUT2D eigenvalue weighted by molar-refractivity contribution is 6.30. The Balaban J connectivity index is 2.14. The molecule has 0 saturated heterocycles. The number of benzene rings is 1. The molecule has 18 heavy (non-hydrogen) atoms. The van der Waals surface area contributed by atoms with Crippen LogP contribution in [-0.2, 0) is 12.8 Å². The second-order valence-electron chi connectivity index (χ2n) is 4.45. The van der Waals surface area contributed by atoms with E-state index in [1.807, 2.05) is 37.3 Å². The van der Waals surface area contributed by atoms with Gasteiger partial charge in [0.05, 0.1) is 0 Å². The average Bonchev–Trinajstić information content (AvgIpc) is 2.28. The fraction of sp³-hybridized carbons (Fsp3) is 0.286. The third-order valence-corrected chi connectivity index (χ3v) is 2.78. The van der Waals surface area contributed by atoms with Crippen LogP contribution in [0, 0.1) is 0 Å². The van der Waals surface area contributed by atoms with Crippen LogP contribution >= 0.6 is 11.6 Å². The molecule has 2 rings (SSSR count). The minimum Gasteiger partial charge on any atom is -0.328 e. The van der Waals surface area contributed by atoms with Gasteiger partial charge in [-0.2, -0.15) is 0 Å². The summed E-state index contributed by atoms with van der Waals surface area (Å²) in [6.45, 7) is 1.97. The maximum atomic E-state index is 5.95. The Labute approximate surface area is 112 Å². The molecule has 1 atom stereocenters. The van der Waals surface area contributed by atoms with Gasteiger partial charge in [0, 0.05) is 35.8 Å². The Bertz CT molecular complexity index is 526. The maximum absolute atomic E-state index is 5.95. The smallest absolute Gasteiger partial charge is 0.132 e. The third kappa shape index (κ3) is 3.79. The van der Waals surface area contributed by atoms with Gasteiger partial charge in [-0.05, 0) is 30.7 Å². The third-order valence-electron chi connectivity index (χ3n) is 2.55. The van der Waals surface area contributed by atoms with Gasteiger partial charge in [0.2, 0.25) is 0 Å². The van der Waals surface area contributed by atoms with E-state index in [2.05, 4.69) is 9.97 Å². The topological polar surface area (TPSA) is 51.8 Å². The van der Waals surface area contributed by atoms with Crippen molar-refractivity contribution in [3.05, 3.63) is 58.6 Å². The summed E-state index contributed by atoms with van der Waals surface area (Å²) in [5.74, 6) is 0.801. The summed E-state index contributed by atoms with van der Waals surface area (Å²) in [7, 11) is 0. The molecule has 0 radical (unpaired) electrons. The van der Waals surface area contributed by atoms with Crippen LogP contribution in [0.4, 0.5) is 0 Å². The monoisotopic (exact) mass is 261 g/mol. The summed E-state index contributed by atoms with van der Waals surface area (Å²) in [5.41, 5.74) is 7.86. The van der Waals surface area contributed by atoms with Gasteiger partial charge in [-0.1, -0.05) is 23.7 Å². The average molecular weight is 262 g/mol. The number of hydrogen-bond donors (Lipinski definition) is 1. The minimum atomic E-state index is 0.110. The molecule has 1 aromatic heterocycles. The molecule has 0 spiro atoms. The lowest BCUT2D eigenvalue weighted by molar-refractivity contribution is 0.713. The van der Waals surface area contributed by atoms with Crippen molar-refractivity contribution in [2.24, 2.45) is 5.73 Å². The van der Waals surface area contributed by atoms with E-state index in [0.717, 1.165) is 28.5 Å². The van der Waals surface area contributed by atoms with Gasteiger partial charge in [0.15, 0.2) is 0 Å². The van der Waals surface area contributed by atoms with Crippen molar-refractivity contribution in [2.75, 3.05) is 0 Å². The lowest BCUT2D eigenvalue weighted by Gasteiger charge is -2.06. The summed E-state index contributed by atoms with van der Waals surface area (Å²) in [5, 5.41) is 0.735. The molecule has 2 N–H and O–H groups in total. The first kappa shape index (κ1) is 13.0. The van der Waals surface area contributed by atoms with Crippen molar-refractivity contribution < 1.29 is 0 Å². The zero-order valence-electron chi connectivity index (χ0n) is 10.3. The maximum Gasteiger partial charge on any atom is 0.132 e. The Hall–Kier alpha value is -1.45. The van der Waals surface area contributed by atoms with Gasteiger partial charge in [-0.15, -0.1) is 0 Å². The van der Waals surface area contributed by atoms with Crippen LogP contribution in [0.15, 0.2) is 36.5 Å². The predicted octanol–water partition coefficient (Wildman–Crippen LogP) is 2.61. The predicted molar refractivity (Wildman–Crippen MR) is 73.6 cm³/mol. The van der Waals surface area contributed by atoms with Crippen LogP contribution in [0.3, 0.4) is 0 Å². The first-order valence-corrected chi connectivity index (χ1v) is 6.32. The quantitative estimate of drug-likeness (QED) is 0.921. The molecule has 0 amide bonds. The molecule has 0 aliphatic heterocycles. The zero-order chi connectivity index (χ0) is 13.0. The van der Waals surface area contributed by atoms with Crippen LogP contribution in [0.2, 0.25) is 5.02 Å². The fourth-order valence-electron chi connectivity index (χ4n) is 1.80. The fourth-order valence-corrected chi connectivity index (χ4v) is 2.01. The molecule has 1 unspecified atom stereocenters. The van der Waals surface area contributed by atoms with Crippen molar-refractivity contribution in [3.63, 3.8) is 0 Å². The number of hydrogen-bond acceptors (Lipinski definition) is 3.